The minimum atomic E-state index is -0.595. The highest BCUT2D eigenvalue weighted by atomic mass is 16.6. The van der Waals surface area contributed by atoms with Crippen molar-refractivity contribution in [2.45, 2.75) is 58.5 Å². The molecular formula is C26H37N3O5. The van der Waals surface area contributed by atoms with Crippen LogP contribution in [-0.2, 0) is 14.3 Å². The molecule has 2 heterocycles. The first-order valence-electron chi connectivity index (χ1n) is 12.3. The summed E-state index contributed by atoms with van der Waals surface area (Å²) >= 11 is 0. The summed E-state index contributed by atoms with van der Waals surface area (Å²) < 4.78 is 16.4. The first kappa shape index (κ1) is 25.7. The van der Waals surface area contributed by atoms with Crippen LogP contribution in [0.2, 0.25) is 0 Å². The third kappa shape index (κ3) is 7.06. The van der Waals surface area contributed by atoms with E-state index in [1.807, 2.05) is 18.2 Å². The van der Waals surface area contributed by atoms with Crippen molar-refractivity contribution in [2.75, 3.05) is 38.7 Å². The molecule has 1 saturated heterocycles. The highest BCUT2D eigenvalue weighted by molar-refractivity contribution is 5.99. The lowest BCUT2D eigenvalue weighted by Gasteiger charge is -2.36. The zero-order valence-corrected chi connectivity index (χ0v) is 20.5. The number of methoxy groups -OCH3 is 1. The van der Waals surface area contributed by atoms with Crippen LogP contribution in [0.3, 0.4) is 0 Å². The van der Waals surface area contributed by atoms with Crippen LogP contribution < -0.4 is 10.1 Å². The number of nitrogens with one attached hydrogen (secondary N) is 1. The maximum absolute atomic E-state index is 12.8. The molecule has 1 fully saturated rings. The Kier molecular flexibility index (Phi) is 9.94. The minimum Gasteiger partial charge on any atom is -0.497 e. The quantitative estimate of drug-likeness (QED) is 0.364. The van der Waals surface area contributed by atoms with E-state index >= 15 is 0 Å². The van der Waals surface area contributed by atoms with Crippen LogP contribution in [-0.4, -0.2) is 61.4 Å². The van der Waals surface area contributed by atoms with Crippen LogP contribution in [0, 0.1) is 5.92 Å². The lowest BCUT2D eigenvalue weighted by atomic mass is 9.94. The number of nitrogens with zero attached hydrogens (tertiary/aromatic N) is 2. The summed E-state index contributed by atoms with van der Waals surface area (Å²) in [5, 5.41) is 3.57. The summed E-state index contributed by atoms with van der Waals surface area (Å²) in [7, 11) is 1.59. The highest BCUT2D eigenvalue weighted by Gasteiger charge is 2.37. The third-order valence-corrected chi connectivity index (χ3v) is 6.24. The number of hydrogen-bond acceptors (Lipinski definition) is 7. The molecule has 1 aromatic heterocycles. The van der Waals surface area contributed by atoms with Gasteiger partial charge in [-0.2, -0.15) is 0 Å². The van der Waals surface area contributed by atoms with Crippen molar-refractivity contribution >= 4 is 28.7 Å². The highest BCUT2D eigenvalue weighted by Crippen LogP contribution is 2.27. The molecule has 1 amide bonds. The van der Waals surface area contributed by atoms with Gasteiger partial charge in [0.2, 0.25) is 0 Å². The Bertz CT molecular complexity index is 951. The maximum atomic E-state index is 12.8. The Morgan fingerprint density at radius 3 is 2.74 bits per heavy atom. The Hall–Kier alpha value is -2.87. The molecule has 1 aliphatic rings. The number of likely N-dealkylation sites (tertiary alicyclic amines) is 1. The largest absolute Gasteiger partial charge is 0.497 e. The normalized spacial score (nSPS) is 18.4. The Morgan fingerprint density at radius 1 is 1.15 bits per heavy atom. The zero-order valence-electron chi connectivity index (χ0n) is 20.5. The molecule has 3 rings (SSSR count). The van der Waals surface area contributed by atoms with Gasteiger partial charge in [-0.25, -0.2) is 4.79 Å². The Morgan fingerprint density at radius 2 is 1.97 bits per heavy atom. The number of hydrogen-bond donors (Lipinski definition) is 1. The van der Waals surface area contributed by atoms with Crippen LogP contribution in [0.5, 0.6) is 5.75 Å². The first-order chi connectivity index (χ1) is 16.5. The second-order valence-electron chi connectivity index (χ2n) is 8.67. The molecule has 0 radical (unpaired) electrons. The van der Waals surface area contributed by atoms with Gasteiger partial charge < -0.3 is 19.1 Å². The fourth-order valence-corrected chi connectivity index (χ4v) is 4.39. The molecule has 34 heavy (non-hydrogen) atoms. The topological polar surface area (TPSA) is 90.0 Å². The van der Waals surface area contributed by atoms with Crippen LogP contribution in [0.4, 0.5) is 10.5 Å². The van der Waals surface area contributed by atoms with Gasteiger partial charge in [-0.1, -0.05) is 32.6 Å². The molecule has 0 saturated carbocycles. The van der Waals surface area contributed by atoms with Crippen molar-refractivity contribution in [2.24, 2.45) is 5.92 Å². The molecule has 2 aromatic rings. The average Bonchev–Trinajstić information content (AvgIpc) is 2.84. The number of anilines is 1. The van der Waals surface area contributed by atoms with Crippen LogP contribution in [0.15, 0.2) is 30.5 Å². The number of ether oxygens (including phenoxy) is 3. The molecule has 0 spiro atoms. The predicted molar refractivity (Wildman–Crippen MR) is 132 cm³/mol. The van der Waals surface area contributed by atoms with Gasteiger partial charge in [-0.05, 0) is 50.6 Å². The number of aromatic nitrogens is 1. The molecule has 8 heteroatoms. The Balaban J connectivity index is 1.63. The average molecular weight is 472 g/mol. The summed E-state index contributed by atoms with van der Waals surface area (Å²) in [5.74, 6) is -0.138. The van der Waals surface area contributed by atoms with E-state index in [0.29, 0.717) is 31.0 Å². The number of rotatable bonds is 11. The van der Waals surface area contributed by atoms with Crippen molar-refractivity contribution in [3.8, 4) is 5.75 Å². The van der Waals surface area contributed by atoms with E-state index in [0.717, 1.165) is 30.4 Å². The number of carbonyl (C=O) groups is 2. The summed E-state index contributed by atoms with van der Waals surface area (Å²) in [4.78, 5) is 32.1. The summed E-state index contributed by atoms with van der Waals surface area (Å²) in [6.07, 6.45) is 7.13. The number of benzene rings is 1. The number of unbranched alkanes of at least 4 members (excludes halogenated alkanes) is 4. The second-order valence-corrected chi connectivity index (χ2v) is 8.67. The van der Waals surface area contributed by atoms with Crippen LogP contribution in [0.25, 0.3) is 10.9 Å². The van der Waals surface area contributed by atoms with Crippen molar-refractivity contribution in [1.82, 2.24) is 9.88 Å². The van der Waals surface area contributed by atoms with E-state index in [-0.39, 0.29) is 5.97 Å². The molecule has 2 atom stereocenters. The number of fused-ring (bicyclic) bond motifs is 1. The van der Waals surface area contributed by atoms with Crippen molar-refractivity contribution in [3.05, 3.63) is 30.5 Å². The molecule has 1 aliphatic heterocycles. The smallest absolute Gasteiger partial charge is 0.411 e. The number of carbonyl (C=O) groups excluding carboxylic acids is 2. The molecular weight excluding hydrogens is 434 g/mol. The molecule has 0 aliphatic carbocycles. The fourth-order valence-electron chi connectivity index (χ4n) is 4.39. The van der Waals surface area contributed by atoms with Crippen LogP contribution in [0.1, 0.15) is 52.4 Å². The van der Waals surface area contributed by atoms with Crippen molar-refractivity contribution in [3.63, 3.8) is 0 Å². The molecule has 186 valence electrons. The standard InChI is InChI=1S/C26H37N3O5/c1-4-6-7-8-9-15-29-16-13-24(21(18-29)25(30)33-5-2)34-26(31)28-23-12-14-27-22-11-10-19(32-3)17-20(22)23/h10-12,14,17,21,24H,4-9,13,15-16,18H2,1-3H3,(H,27,28,31)/t21-,24+/m0/s1. The van der Waals surface area contributed by atoms with Crippen molar-refractivity contribution in [1.29, 1.82) is 0 Å². The van der Waals surface area contributed by atoms with Crippen molar-refractivity contribution < 1.29 is 23.8 Å². The fraction of sp³-hybridized carbons (Fsp3) is 0.577. The molecule has 1 aromatic carbocycles. The van der Waals surface area contributed by atoms with E-state index in [1.165, 1.54) is 25.7 Å². The molecule has 0 unspecified atom stereocenters. The lowest BCUT2D eigenvalue weighted by molar-refractivity contribution is -0.155. The third-order valence-electron chi connectivity index (χ3n) is 6.24. The first-order valence-corrected chi connectivity index (χ1v) is 12.3. The zero-order chi connectivity index (χ0) is 24.3. The second kappa shape index (κ2) is 13.1. The van der Waals surface area contributed by atoms with Gasteiger partial charge in [0.15, 0.2) is 0 Å². The van der Waals surface area contributed by atoms with Gasteiger partial charge in [0, 0.05) is 24.7 Å². The van der Waals surface area contributed by atoms with Gasteiger partial charge in [-0.15, -0.1) is 0 Å². The lowest BCUT2D eigenvalue weighted by Crippen LogP contribution is -2.49. The number of piperidine rings is 1. The van der Waals surface area contributed by atoms with E-state index < -0.39 is 18.1 Å². The number of esters is 1. The van der Waals surface area contributed by atoms with E-state index in [4.69, 9.17) is 14.2 Å². The van der Waals surface area contributed by atoms with Gasteiger partial charge >= 0.3 is 12.1 Å². The molecule has 8 nitrogen and oxygen atoms in total. The van der Waals surface area contributed by atoms with Gasteiger partial charge in [0.05, 0.1) is 24.9 Å². The monoisotopic (exact) mass is 471 g/mol. The SMILES string of the molecule is CCCCCCCN1CC[C@@H](OC(=O)Nc2ccnc3ccc(OC)cc23)[C@@H](C(=O)OCC)C1. The van der Waals surface area contributed by atoms with E-state index in [9.17, 15) is 9.59 Å². The minimum absolute atomic E-state index is 0.302. The maximum Gasteiger partial charge on any atom is 0.411 e. The molecule has 1 N–H and O–H groups in total. The number of pyridine rings is 1. The van der Waals surface area contributed by atoms with Gasteiger partial charge in [0.1, 0.15) is 17.8 Å². The van der Waals surface area contributed by atoms with E-state index in [2.05, 4.69) is 22.1 Å². The van der Waals surface area contributed by atoms with Gasteiger partial charge in [-0.3, -0.25) is 15.1 Å². The summed E-state index contributed by atoms with van der Waals surface area (Å²) in [5.41, 5.74) is 1.31. The summed E-state index contributed by atoms with van der Waals surface area (Å²) in [6, 6.07) is 7.18. The number of amides is 1. The Labute approximate surface area is 202 Å². The predicted octanol–water partition coefficient (Wildman–Crippen LogP) is 5.02. The van der Waals surface area contributed by atoms with Gasteiger partial charge in [0.25, 0.3) is 0 Å². The van der Waals surface area contributed by atoms with Crippen LogP contribution >= 0.6 is 0 Å². The van der Waals surface area contributed by atoms with E-state index in [1.54, 1.807) is 26.3 Å². The summed E-state index contributed by atoms with van der Waals surface area (Å²) in [6.45, 7) is 6.58. The molecule has 0 bridgehead atoms.